The summed E-state index contributed by atoms with van der Waals surface area (Å²) in [6, 6.07) is 13.4. The maximum atomic E-state index is 14.2. The fourth-order valence-electron chi connectivity index (χ4n) is 6.05. The van der Waals surface area contributed by atoms with Crippen LogP contribution in [0.3, 0.4) is 0 Å². The van der Waals surface area contributed by atoms with Gasteiger partial charge in [-0.1, -0.05) is 42.5 Å². The average Bonchev–Trinajstić information content (AvgIpc) is 3.53. The second-order valence-corrected chi connectivity index (χ2v) is 13.5. The Morgan fingerprint density at radius 2 is 1.89 bits per heavy atom. The quantitative estimate of drug-likeness (QED) is 0.412. The zero-order valence-corrected chi connectivity index (χ0v) is 26.5. The van der Waals surface area contributed by atoms with Crippen LogP contribution < -0.4 is 10.1 Å². The molecule has 3 heterocycles. The zero-order chi connectivity index (χ0) is 31.6. The van der Waals surface area contributed by atoms with E-state index >= 15 is 0 Å². The lowest BCUT2D eigenvalue weighted by Gasteiger charge is -2.33. The van der Waals surface area contributed by atoms with Crippen LogP contribution in [0.15, 0.2) is 65.6 Å². The molecule has 12 heteroatoms. The zero-order valence-electron chi connectivity index (χ0n) is 25.7. The maximum Gasteiger partial charge on any atom is 0.407 e. The molecule has 246 valence electrons. The minimum absolute atomic E-state index is 0.0452. The van der Waals surface area contributed by atoms with Crippen LogP contribution >= 0.6 is 0 Å². The van der Waals surface area contributed by atoms with Crippen LogP contribution in [0.5, 0.6) is 5.75 Å². The SMILES string of the molecule is COc1ccc2c(c1)COC/C=C\CCCCN(C[C@@H](O)[C@H](Cc1ccccc1)NC(=O)O[C@H]1CCO[C@H]3OCC[C@H]31)S2(=O)=O. The third-order valence-corrected chi connectivity index (χ3v) is 10.5. The number of hydrogen-bond acceptors (Lipinski definition) is 9. The van der Waals surface area contributed by atoms with Gasteiger partial charge in [0.15, 0.2) is 6.29 Å². The molecule has 0 saturated carbocycles. The van der Waals surface area contributed by atoms with Gasteiger partial charge in [-0.15, -0.1) is 0 Å². The highest BCUT2D eigenvalue weighted by Crippen LogP contribution is 2.33. The summed E-state index contributed by atoms with van der Waals surface area (Å²) >= 11 is 0. The molecule has 11 nitrogen and oxygen atoms in total. The average molecular weight is 645 g/mol. The highest BCUT2D eigenvalue weighted by atomic mass is 32.2. The van der Waals surface area contributed by atoms with Gasteiger partial charge in [0.25, 0.3) is 0 Å². The normalized spacial score (nSPS) is 26.0. The number of carbonyl (C=O) groups is 1. The van der Waals surface area contributed by atoms with Gasteiger partial charge < -0.3 is 34.1 Å². The highest BCUT2D eigenvalue weighted by Gasteiger charge is 2.41. The number of amides is 1. The molecule has 0 aromatic heterocycles. The van der Waals surface area contributed by atoms with Gasteiger partial charge in [0.05, 0.1) is 50.6 Å². The van der Waals surface area contributed by atoms with E-state index in [1.165, 1.54) is 17.5 Å². The smallest absolute Gasteiger partial charge is 0.407 e. The first-order chi connectivity index (χ1) is 21.8. The van der Waals surface area contributed by atoms with Crippen molar-refractivity contribution in [3.8, 4) is 5.75 Å². The number of allylic oxidation sites excluding steroid dienone is 1. The van der Waals surface area contributed by atoms with E-state index in [0.717, 1.165) is 24.8 Å². The molecule has 2 fully saturated rings. The lowest BCUT2D eigenvalue weighted by molar-refractivity contribution is -0.179. The molecule has 2 aromatic rings. The molecule has 2 saturated heterocycles. The number of aliphatic hydroxyl groups excluding tert-OH is 1. The van der Waals surface area contributed by atoms with E-state index < -0.39 is 28.3 Å². The molecule has 5 rings (SSSR count). The number of nitrogens with zero attached hydrogens (tertiary/aromatic N) is 1. The van der Waals surface area contributed by atoms with Gasteiger partial charge in [-0.25, -0.2) is 13.2 Å². The molecule has 3 aliphatic rings. The standard InChI is InChI=1S/C33H44N2O9S/c1-40-26-12-13-31-25(21-26)23-41-17-9-4-2-3-8-16-35(45(31,38)39)22-29(36)28(20-24-10-6-5-7-11-24)34-33(37)44-30-15-19-43-32-27(30)14-18-42-32/h4-7,9-13,21,27-30,32,36H,2-3,8,14-20,22-23H2,1H3,(H,34,37)/b9-4-/t27-,28-,29+,30-,32+/m0/s1. The number of alkyl carbamates (subject to hydrolysis) is 1. The molecule has 2 aromatic carbocycles. The van der Waals surface area contributed by atoms with Crippen molar-refractivity contribution < 1.29 is 42.0 Å². The fourth-order valence-corrected chi connectivity index (χ4v) is 7.74. The molecule has 0 bridgehead atoms. The van der Waals surface area contributed by atoms with Gasteiger partial charge in [0.2, 0.25) is 10.0 Å². The lowest BCUT2D eigenvalue weighted by Crippen LogP contribution is -2.52. The van der Waals surface area contributed by atoms with E-state index in [1.54, 1.807) is 12.1 Å². The number of carbonyl (C=O) groups excluding carboxylic acids is 1. The van der Waals surface area contributed by atoms with Gasteiger partial charge in [0.1, 0.15) is 11.9 Å². The van der Waals surface area contributed by atoms with Crippen LogP contribution in [0.1, 0.15) is 43.2 Å². The molecular formula is C33H44N2O9S. The maximum absolute atomic E-state index is 14.2. The number of rotatable bonds is 8. The number of β-amino-alcohol motifs (C(OH)–C–C–N with tert-alkyl or cyclic N) is 1. The second-order valence-electron chi connectivity index (χ2n) is 11.6. The summed E-state index contributed by atoms with van der Waals surface area (Å²) in [6.45, 7) is 1.40. The van der Waals surface area contributed by atoms with Gasteiger partial charge in [-0.3, -0.25) is 0 Å². The lowest BCUT2D eigenvalue weighted by atomic mass is 9.95. The van der Waals surface area contributed by atoms with Gasteiger partial charge >= 0.3 is 6.09 Å². The molecule has 45 heavy (non-hydrogen) atoms. The third kappa shape index (κ3) is 8.84. The van der Waals surface area contributed by atoms with Crippen molar-refractivity contribution in [1.82, 2.24) is 9.62 Å². The molecule has 2 N–H and O–H groups in total. The van der Waals surface area contributed by atoms with E-state index in [9.17, 15) is 18.3 Å². The molecule has 0 aliphatic carbocycles. The van der Waals surface area contributed by atoms with Crippen LogP contribution in [0.4, 0.5) is 4.79 Å². The summed E-state index contributed by atoms with van der Waals surface area (Å²) in [5.41, 5.74) is 1.35. The molecule has 1 amide bonds. The van der Waals surface area contributed by atoms with Crippen molar-refractivity contribution in [3.05, 3.63) is 71.8 Å². The Morgan fingerprint density at radius 3 is 2.69 bits per heavy atom. The number of hydrogen-bond donors (Lipinski definition) is 2. The van der Waals surface area contributed by atoms with Crippen LogP contribution in [-0.2, 0) is 42.0 Å². The number of sulfonamides is 1. The Labute approximate surface area is 265 Å². The number of nitrogens with one attached hydrogen (secondary N) is 1. The first-order valence-electron chi connectivity index (χ1n) is 15.7. The molecule has 0 radical (unpaired) electrons. The Hall–Kier alpha value is -3.00. The van der Waals surface area contributed by atoms with E-state index in [4.69, 9.17) is 23.7 Å². The number of aliphatic hydroxyl groups is 1. The van der Waals surface area contributed by atoms with E-state index in [1.807, 2.05) is 42.5 Å². The predicted octanol–water partition coefficient (Wildman–Crippen LogP) is 3.79. The fraction of sp³-hybridized carbons (Fsp3) is 0.545. The Kier molecular flexibility index (Phi) is 11.9. The second kappa shape index (κ2) is 16.0. The summed E-state index contributed by atoms with van der Waals surface area (Å²) in [6.07, 6.45) is 5.02. The summed E-state index contributed by atoms with van der Waals surface area (Å²) < 4.78 is 57.9. The van der Waals surface area contributed by atoms with Crippen molar-refractivity contribution in [3.63, 3.8) is 0 Å². The largest absolute Gasteiger partial charge is 0.497 e. The van der Waals surface area contributed by atoms with Crippen molar-refractivity contribution in [1.29, 1.82) is 0 Å². The summed E-state index contributed by atoms with van der Waals surface area (Å²) in [5, 5.41) is 14.5. The Balaban J connectivity index is 1.37. The van der Waals surface area contributed by atoms with Crippen LogP contribution in [0, 0.1) is 5.92 Å². The van der Waals surface area contributed by atoms with Gasteiger partial charge in [0, 0.05) is 31.0 Å². The Bertz CT molecular complexity index is 1390. The first kappa shape index (κ1) is 33.4. The van der Waals surface area contributed by atoms with Crippen molar-refractivity contribution in [2.45, 2.75) is 74.6 Å². The highest BCUT2D eigenvalue weighted by molar-refractivity contribution is 7.89. The van der Waals surface area contributed by atoms with E-state index in [2.05, 4.69) is 5.32 Å². The molecule has 3 aliphatic heterocycles. The topological polar surface area (TPSA) is 133 Å². The molecular weight excluding hydrogens is 600 g/mol. The summed E-state index contributed by atoms with van der Waals surface area (Å²) in [5.74, 6) is 0.473. The minimum atomic E-state index is -4.06. The van der Waals surface area contributed by atoms with Gasteiger partial charge in [-0.05, 0) is 55.9 Å². The monoisotopic (exact) mass is 644 g/mol. The van der Waals surface area contributed by atoms with Crippen molar-refractivity contribution in [2.24, 2.45) is 5.92 Å². The number of methoxy groups -OCH3 is 1. The third-order valence-electron chi connectivity index (χ3n) is 8.51. The summed E-state index contributed by atoms with van der Waals surface area (Å²) in [7, 11) is -2.54. The van der Waals surface area contributed by atoms with E-state index in [0.29, 0.717) is 44.0 Å². The molecule has 0 spiro atoms. The van der Waals surface area contributed by atoms with E-state index in [-0.39, 0.29) is 49.3 Å². The van der Waals surface area contributed by atoms with Crippen LogP contribution in [-0.4, -0.2) is 88.5 Å². The van der Waals surface area contributed by atoms with Crippen LogP contribution in [0.25, 0.3) is 0 Å². The predicted molar refractivity (Wildman–Crippen MR) is 166 cm³/mol. The minimum Gasteiger partial charge on any atom is -0.497 e. The Morgan fingerprint density at radius 1 is 1.09 bits per heavy atom. The molecule has 0 unspecified atom stereocenters. The number of benzene rings is 2. The molecule has 5 atom stereocenters. The van der Waals surface area contributed by atoms with Crippen molar-refractivity contribution >= 4 is 16.1 Å². The number of ether oxygens (including phenoxy) is 5. The van der Waals surface area contributed by atoms with Crippen LogP contribution in [0.2, 0.25) is 0 Å². The summed E-state index contributed by atoms with van der Waals surface area (Å²) in [4.78, 5) is 13.3. The van der Waals surface area contributed by atoms with Crippen molar-refractivity contribution in [2.75, 3.05) is 40.0 Å². The van der Waals surface area contributed by atoms with Gasteiger partial charge in [-0.2, -0.15) is 4.31 Å². The first-order valence-corrected chi connectivity index (χ1v) is 17.1. The number of fused-ring (bicyclic) bond motifs is 2.